The average molecular weight is 437 g/mol. The molecule has 3 aliphatic rings. The van der Waals surface area contributed by atoms with Crippen molar-refractivity contribution >= 4 is 26.0 Å². The highest BCUT2D eigenvalue weighted by Gasteiger charge is 2.69. The first-order chi connectivity index (χ1) is 14.9. The van der Waals surface area contributed by atoms with E-state index in [1.54, 1.807) is 0 Å². The third-order valence-electron chi connectivity index (χ3n) is 7.94. The minimum absolute atomic E-state index is 0.199. The van der Waals surface area contributed by atoms with E-state index in [0.717, 1.165) is 30.0 Å². The third kappa shape index (κ3) is 3.16. The van der Waals surface area contributed by atoms with Crippen LogP contribution >= 0.6 is 9.24 Å². The SMILES string of the molecule is CCC1CCC2C1C(OC(=O)c1ccc3ccccc3c1)C1(P)CC(N=[N+]=[N-])C2(C)O1. The fourth-order valence-electron chi connectivity index (χ4n) is 6.45. The summed E-state index contributed by atoms with van der Waals surface area (Å²) in [5.41, 5.74) is 9.17. The van der Waals surface area contributed by atoms with Crippen molar-refractivity contribution in [3.8, 4) is 0 Å². The molecule has 0 spiro atoms. The number of azide groups is 1. The van der Waals surface area contributed by atoms with Gasteiger partial charge in [0.2, 0.25) is 0 Å². The predicted molar refractivity (Wildman–Crippen MR) is 123 cm³/mol. The van der Waals surface area contributed by atoms with Gasteiger partial charge in [-0.15, -0.1) is 0 Å². The van der Waals surface area contributed by atoms with Crippen molar-refractivity contribution in [2.45, 2.75) is 62.6 Å². The monoisotopic (exact) mass is 437 g/mol. The minimum atomic E-state index is -0.737. The average Bonchev–Trinajstić information content (AvgIpc) is 3.29. The molecule has 2 saturated heterocycles. The van der Waals surface area contributed by atoms with Crippen LogP contribution in [0.3, 0.4) is 0 Å². The Bertz CT molecular complexity index is 1090. The lowest BCUT2D eigenvalue weighted by atomic mass is 9.73. The Labute approximate surface area is 184 Å². The third-order valence-corrected chi connectivity index (χ3v) is 8.63. The first kappa shape index (κ1) is 20.8. The van der Waals surface area contributed by atoms with E-state index >= 15 is 0 Å². The van der Waals surface area contributed by atoms with E-state index in [9.17, 15) is 4.79 Å². The number of nitrogens with zero attached hydrogens (tertiary/aromatic N) is 3. The van der Waals surface area contributed by atoms with Crippen LogP contribution in [0.25, 0.3) is 21.2 Å². The molecule has 2 aromatic rings. The van der Waals surface area contributed by atoms with Gasteiger partial charge in [0.25, 0.3) is 0 Å². The van der Waals surface area contributed by atoms with Crippen LogP contribution in [-0.4, -0.2) is 29.1 Å². The van der Waals surface area contributed by atoms with Crippen molar-refractivity contribution in [3.05, 3.63) is 58.5 Å². The van der Waals surface area contributed by atoms with Gasteiger partial charge in [0.1, 0.15) is 11.4 Å². The quantitative estimate of drug-likeness (QED) is 0.197. The van der Waals surface area contributed by atoms with E-state index < -0.39 is 10.9 Å². The summed E-state index contributed by atoms with van der Waals surface area (Å²) in [7, 11) is 2.81. The van der Waals surface area contributed by atoms with E-state index in [4.69, 9.17) is 15.0 Å². The highest BCUT2D eigenvalue weighted by atomic mass is 31.0. The molecule has 0 N–H and O–H groups in total. The molecular weight excluding hydrogens is 409 g/mol. The fourth-order valence-corrected chi connectivity index (χ4v) is 7.22. The largest absolute Gasteiger partial charge is 0.455 e. The van der Waals surface area contributed by atoms with E-state index in [1.165, 1.54) is 0 Å². The molecule has 1 aliphatic carbocycles. The highest BCUT2D eigenvalue weighted by molar-refractivity contribution is 7.18. The zero-order chi connectivity index (χ0) is 21.8. The van der Waals surface area contributed by atoms with E-state index in [2.05, 4.69) is 33.1 Å². The topological polar surface area (TPSA) is 84.3 Å². The van der Waals surface area contributed by atoms with Crippen LogP contribution in [0.4, 0.5) is 0 Å². The number of benzene rings is 2. The van der Waals surface area contributed by atoms with Crippen molar-refractivity contribution in [3.63, 3.8) is 0 Å². The Morgan fingerprint density at radius 1 is 1.29 bits per heavy atom. The maximum atomic E-state index is 13.3. The molecule has 162 valence electrons. The normalized spacial score (nSPS) is 38.5. The first-order valence-electron chi connectivity index (χ1n) is 11.1. The summed E-state index contributed by atoms with van der Waals surface area (Å²) in [6, 6.07) is 13.4. The smallest absolute Gasteiger partial charge is 0.338 e. The van der Waals surface area contributed by atoms with Crippen LogP contribution in [0.1, 0.15) is 49.9 Å². The van der Waals surface area contributed by atoms with Crippen LogP contribution in [0.15, 0.2) is 47.6 Å². The van der Waals surface area contributed by atoms with E-state index in [-0.39, 0.29) is 30.0 Å². The maximum absolute atomic E-state index is 13.3. The van der Waals surface area contributed by atoms with Crippen molar-refractivity contribution in [2.24, 2.45) is 22.9 Å². The van der Waals surface area contributed by atoms with Gasteiger partial charge in [0.05, 0.1) is 17.2 Å². The van der Waals surface area contributed by atoms with Gasteiger partial charge in [-0.05, 0) is 66.5 Å². The van der Waals surface area contributed by atoms with E-state index in [0.29, 0.717) is 17.9 Å². The number of fused-ring (bicyclic) bond motifs is 5. The van der Waals surface area contributed by atoms with Crippen LogP contribution < -0.4 is 0 Å². The Morgan fingerprint density at radius 3 is 2.81 bits per heavy atom. The van der Waals surface area contributed by atoms with Crippen molar-refractivity contribution in [1.82, 2.24) is 0 Å². The maximum Gasteiger partial charge on any atom is 0.338 e. The lowest BCUT2D eigenvalue weighted by molar-refractivity contribution is -0.202. The molecule has 2 bridgehead atoms. The van der Waals surface area contributed by atoms with Gasteiger partial charge in [-0.2, -0.15) is 0 Å². The lowest BCUT2D eigenvalue weighted by Crippen LogP contribution is -2.58. The molecule has 31 heavy (non-hydrogen) atoms. The Kier molecular flexibility index (Phi) is 5.01. The molecule has 8 atom stereocenters. The number of hydrogen-bond donors (Lipinski definition) is 0. The number of rotatable bonds is 4. The van der Waals surface area contributed by atoms with Crippen molar-refractivity contribution in [2.75, 3.05) is 0 Å². The van der Waals surface area contributed by atoms with Gasteiger partial charge in [-0.25, -0.2) is 4.79 Å². The number of ether oxygens (including phenoxy) is 2. The molecule has 7 heteroatoms. The molecule has 2 heterocycles. The summed E-state index contributed by atoms with van der Waals surface area (Å²) in [5, 5.41) is 5.47. The van der Waals surface area contributed by atoms with E-state index in [1.807, 2.05) is 42.5 Å². The van der Waals surface area contributed by atoms with Crippen molar-refractivity contribution in [1.29, 1.82) is 0 Å². The van der Waals surface area contributed by atoms with Gasteiger partial charge in [0.15, 0.2) is 0 Å². The van der Waals surface area contributed by atoms with Gasteiger partial charge in [-0.1, -0.05) is 58.0 Å². The Balaban J connectivity index is 1.50. The Hall–Kier alpha value is -2.13. The molecule has 3 fully saturated rings. The summed E-state index contributed by atoms with van der Waals surface area (Å²) >= 11 is 0. The second-order valence-electron chi connectivity index (χ2n) is 9.48. The second-order valence-corrected chi connectivity index (χ2v) is 10.5. The molecule has 5 rings (SSSR count). The molecule has 8 unspecified atom stereocenters. The summed E-state index contributed by atoms with van der Waals surface area (Å²) in [6.45, 7) is 4.28. The molecule has 0 radical (unpaired) electrons. The van der Waals surface area contributed by atoms with Gasteiger partial charge >= 0.3 is 5.97 Å². The van der Waals surface area contributed by atoms with Gasteiger partial charge in [-0.3, -0.25) is 0 Å². The second kappa shape index (κ2) is 7.48. The van der Waals surface area contributed by atoms with Gasteiger partial charge < -0.3 is 9.47 Å². The number of hydrogen-bond acceptors (Lipinski definition) is 4. The molecule has 6 nitrogen and oxygen atoms in total. The molecule has 1 saturated carbocycles. The first-order valence-corrected chi connectivity index (χ1v) is 11.7. The van der Waals surface area contributed by atoms with Crippen LogP contribution in [0.2, 0.25) is 0 Å². The number of carbonyl (C=O) groups is 1. The zero-order valence-corrected chi connectivity index (χ0v) is 19.1. The molecular formula is C24H28N3O3P. The van der Waals surface area contributed by atoms with Crippen LogP contribution in [-0.2, 0) is 9.47 Å². The minimum Gasteiger partial charge on any atom is -0.455 e. The summed E-state index contributed by atoms with van der Waals surface area (Å²) in [4.78, 5) is 16.4. The van der Waals surface area contributed by atoms with Crippen LogP contribution in [0.5, 0.6) is 0 Å². The lowest BCUT2D eigenvalue weighted by Gasteiger charge is -2.50. The molecule has 0 aromatic heterocycles. The number of carbonyl (C=O) groups excluding carboxylic acids is 1. The molecule has 2 aromatic carbocycles. The summed E-state index contributed by atoms with van der Waals surface area (Å²) < 4.78 is 12.8. The zero-order valence-electron chi connectivity index (χ0n) is 17.9. The summed E-state index contributed by atoms with van der Waals surface area (Å²) in [6.07, 6.45) is 3.27. The summed E-state index contributed by atoms with van der Waals surface area (Å²) in [5.74, 6) is 0.549. The number of esters is 1. The molecule has 2 aliphatic heterocycles. The Morgan fingerprint density at radius 2 is 2.06 bits per heavy atom. The standard InChI is InChI=1S/C24H28N3O3P/c1-3-14-10-11-18-20(14)21(24(31)13-19(26-27-25)23(18,2)30-24)29-22(28)17-9-8-15-6-4-5-7-16(15)12-17/h4-9,12,14,18-21H,3,10-11,13,31H2,1-2H3. The van der Waals surface area contributed by atoms with Crippen molar-refractivity contribution < 1.29 is 14.3 Å². The van der Waals surface area contributed by atoms with Gasteiger partial charge in [0, 0.05) is 10.8 Å². The van der Waals surface area contributed by atoms with Crippen LogP contribution in [0, 0.1) is 17.8 Å². The fraction of sp³-hybridized carbons (Fsp3) is 0.542. The molecule has 0 amide bonds. The highest BCUT2D eigenvalue weighted by Crippen LogP contribution is 2.63. The predicted octanol–water partition coefficient (Wildman–Crippen LogP) is 5.86.